The van der Waals surface area contributed by atoms with Gasteiger partial charge < -0.3 is 15.5 Å². The van der Waals surface area contributed by atoms with E-state index in [4.69, 9.17) is 0 Å². The fraction of sp³-hybridized carbons (Fsp3) is 0.722. The molecule has 0 radical (unpaired) electrons. The lowest BCUT2D eigenvalue weighted by Gasteiger charge is -2.30. The molecule has 0 unspecified atom stereocenters. The van der Waals surface area contributed by atoms with E-state index in [9.17, 15) is 9.59 Å². The van der Waals surface area contributed by atoms with Crippen LogP contribution in [0.1, 0.15) is 57.3 Å². The average Bonchev–Trinajstić information content (AvgIpc) is 2.81. The van der Waals surface area contributed by atoms with Gasteiger partial charge in [-0.3, -0.25) is 9.48 Å². The highest BCUT2D eigenvalue weighted by molar-refractivity contribution is 5.79. The highest BCUT2D eigenvalue weighted by Crippen LogP contribution is 2.29. The van der Waals surface area contributed by atoms with E-state index in [1.165, 1.54) is 6.42 Å². The van der Waals surface area contributed by atoms with E-state index in [1.807, 2.05) is 29.5 Å². The Bertz CT molecular complexity index is 623. The molecule has 2 N–H and O–H groups in total. The van der Waals surface area contributed by atoms with Crippen LogP contribution in [0.5, 0.6) is 0 Å². The zero-order valence-electron chi connectivity index (χ0n) is 15.3. The molecule has 0 spiro atoms. The van der Waals surface area contributed by atoms with E-state index in [0.717, 1.165) is 50.2 Å². The molecule has 7 nitrogen and oxygen atoms in total. The highest BCUT2D eigenvalue weighted by Gasteiger charge is 2.30. The van der Waals surface area contributed by atoms with Gasteiger partial charge in [-0.2, -0.15) is 5.10 Å². The second kappa shape index (κ2) is 7.89. The first-order valence-electron chi connectivity index (χ1n) is 9.45. The molecular weight excluding hydrogens is 318 g/mol. The van der Waals surface area contributed by atoms with Gasteiger partial charge in [-0.25, -0.2) is 4.79 Å². The Morgan fingerprint density at radius 3 is 2.80 bits per heavy atom. The third kappa shape index (κ3) is 4.32. The Morgan fingerprint density at radius 2 is 2.12 bits per heavy atom. The second-order valence-electron chi connectivity index (χ2n) is 7.23. The summed E-state index contributed by atoms with van der Waals surface area (Å²) in [5.41, 5.74) is 1.90. The van der Waals surface area contributed by atoms with Crippen LogP contribution in [0, 0.1) is 5.92 Å². The Morgan fingerprint density at radius 1 is 1.32 bits per heavy atom. The maximum Gasteiger partial charge on any atom is 0.315 e. The van der Waals surface area contributed by atoms with Crippen LogP contribution < -0.4 is 10.6 Å². The van der Waals surface area contributed by atoms with Gasteiger partial charge in [0.2, 0.25) is 5.91 Å². The van der Waals surface area contributed by atoms with E-state index in [2.05, 4.69) is 15.7 Å². The monoisotopic (exact) mass is 347 g/mol. The number of carbonyl (C=O) groups excluding carboxylic acids is 2. The van der Waals surface area contributed by atoms with Gasteiger partial charge in [0.15, 0.2) is 0 Å². The largest absolute Gasteiger partial charge is 0.337 e. The van der Waals surface area contributed by atoms with E-state index < -0.39 is 0 Å². The van der Waals surface area contributed by atoms with Gasteiger partial charge in [-0.15, -0.1) is 0 Å². The fourth-order valence-electron chi connectivity index (χ4n) is 3.26. The first kappa shape index (κ1) is 17.8. The normalized spacial score (nSPS) is 18.7. The average molecular weight is 347 g/mol. The van der Waals surface area contributed by atoms with Gasteiger partial charge in [0.25, 0.3) is 0 Å². The summed E-state index contributed by atoms with van der Waals surface area (Å²) in [5, 5.41) is 10.3. The van der Waals surface area contributed by atoms with E-state index >= 15 is 0 Å². The minimum absolute atomic E-state index is 0.157. The molecule has 138 valence electrons. The lowest BCUT2D eigenvalue weighted by atomic mass is 9.84. The molecule has 1 aromatic rings. The lowest BCUT2D eigenvalue weighted by Crippen LogP contribution is -2.40. The van der Waals surface area contributed by atoms with Crippen LogP contribution >= 0.6 is 0 Å². The number of nitrogens with zero attached hydrogens (tertiary/aromatic N) is 3. The molecule has 2 aliphatic rings. The molecule has 3 amide bonds. The number of aryl methyl sites for hydroxylation is 1. The van der Waals surface area contributed by atoms with Gasteiger partial charge in [0, 0.05) is 25.0 Å². The van der Waals surface area contributed by atoms with Crippen LogP contribution in [0.25, 0.3) is 0 Å². The molecule has 1 fully saturated rings. The molecule has 1 saturated carbocycles. The number of aromatic nitrogens is 2. The van der Waals surface area contributed by atoms with Crippen LogP contribution in [-0.2, 0) is 24.4 Å². The first-order chi connectivity index (χ1) is 12.1. The summed E-state index contributed by atoms with van der Waals surface area (Å²) in [6.07, 6.45) is 5.08. The number of amides is 3. The van der Waals surface area contributed by atoms with Gasteiger partial charge in [0.05, 0.1) is 24.5 Å². The number of fused-ring (bicyclic) bond motifs is 1. The van der Waals surface area contributed by atoms with Crippen molar-refractivity contribution in [1.82, 2.24) is 25.3 Å². The molecule has 1 atom stereocenters. The van der Waals surface area contributed by atoms with E-state index in [0.29, 0.717) is 19.0 Å². The number of nitrogens with one attached hydrogen (secondary N) is 2. The van der Waals surface area contributed by atoms with Crippen molar-refractivity contribution < 1.29 is 9.59 Å². The molecule has 3 rings (SSSR count). The standard InChI is InChI=1S/C18H29N5O2/c1-3-13(2)20-18(25)19-11-15-10-16-12-22(8-5-9-23(16)21-15)17(24)14-6-4-7-14/h10,13-14H,3-9,11-12H2,1-2H3,(H2,19,20,25)/t13-/m1/s1. The van der Waals surface area contributed by atoms with E-state index in [1.54, 1.807) is 0 Å². The zero-order valence-corrected chi connectivity index (χ0v) is 15.3. The smallest absolute Gasteiger partial charge is 0.315 e. The molecular formula is C18H29N5O2. The molecule has 0 saturated heterocycles. The minimum atomic E-state index is -0.167. The maximum atomic E-state index is 12.5. The first-order valence-corrected chi connectivity index (χ1v) is 9.45. The SMILES string of the molecule is CC[C@@H](C)NC(=O)NCc1cc2n(n1)CCCN(C(=O)C1CCC1)C2. The molecule has 7 heteroatoms. The van der Waals surface area contributed by atoms with Gasteiger partial charge >= 0.3 is 6.03 Å². The topological polar surface area (TPSA) is 79.3 Å². The summed E-state index contributed by atoms with van der Waals surface area (Å²) in [6, 6.07) is 2.00. The number of hydrogen-bond donors (Lipinski definition) is 2. The van der Waals surface area contributed by atoms with Gasteiger partial charge in [-0.05, 0) is 38.7 Å². The highest BCUT2D eigenvalue weighted by atomic mass is 16.2. The molecule has 1 aliphatic carbocycles. The van der Waals surface area contributed by atoms with Crippen molar-refractivity contribution in [3.63, 3.8) is 0 Å². The summed E-state index contributed by atoms with van der Waals surface area (Å²) in [4.78, 5) is 26.3. The predicted molar refractivity (Wildman–Crippen MR) is 94.7 cm³/mol. The minimum Gasteiger partial charge on any atom is -0.337 e. The number of carbonyl (C=O) groups is 2. The van der Waals surface area contributed by atoms with Crippen LogP contribution in [0.4, 0.5) is 4.79 Å². The van der Waals surface area contributed by atoms with Crippen molar-refractivity contribution in [1.29, 1.82) is 0 Å². The summed E-state index contributed by atoms with van der Waals surface area (Å²) < 4.78 is 1.98. The fourth-order valence-corrected chi connectivity index (χ4v) is 3.26. The lowest BCUT2D eigenvalue weighted by molar-refractivity contribution is -0.138. The maximum absolute atomic E-state index is 12.5. The summed E-state index contributed by atoms with van der Waals surface area (Å²) in [6.45, 7) is 6.67. The number of urea groups is 1. The Balaban J connectivity index is 1.57. The zero-order chi connectivity index (χ0) is 17.8. The van der Waals surface area contributed by atoms with Crippen molar-refractivity contribution in [2.75, 3.05) is 6.54 Å². The number of hydrogen-bond acceptors (Lipinski definition) is 3. The van der Waals surface area contributed by atoms with Crippen molar-refractivity contribution >= 4 is 11.9 Å². The predicted octanol–water partition coefficient (Wildman–Crippen LogP) is 2.01. The molecule has 2 heterocycles. The van der Waals surface area contributed by atoms with Crippen molar-refractivity contribution in [2.24, 2.45) is 5.92 Å². The molecule has 1 aromatic heterocycles. The van der Waals surface area contributed by atoms with Crippen LogP contribution in [0.15, 0.2) is 6.07 Å². The molecule has 0 bridgehead atoms. The van der Waals surface area contributed by atoms with Gasteiger partial charge in [-0.1, -0.05) is 13.3 Å². The third-order valence-corrected chi connectivity index (χ3v) is 5.25. The van der Waals surface area contributed by atoms with Crippen molar-refractivity contribution in [3.05, 3.63) is 17.5 Å². The second-order valence-corrected chi connectivity index (χ2v) is 7.23. The quantitative estimate of drug-likeness (QED) is 0.855. The Labute approximate surface area is 149 Å². The molecule has 25 heavy (non-hydrogen) atoms. The van der Waals surface area contributed by atoms with Crippen LogP contribution in [0.2, 0.25) is 0 Å². The summed E-state index contributed by atoms with van der Waals surface area (Å²) in [5.74, 6) is 0.536. The molecule has 0 aromatic carbocycles. The van der Waals surface area contributed by atoms with Crippen LogP contribution in [-0.4, -0.2) is 39.2 Å². The van der Waals surface area contributed by atoms with Crippen molar-refractivity contribution in [3.8, 4) is 0 Å². The van der Waals surface area contributed by atoms with Crippen molar-refractivity contribution in [2.45, 2.75) is 71.6 Å². The van der Waals surface area contributed by atoms with Gasteiger partial charge in [0.1, 0.15) is 0 Å². The Hall–Kier alpha value is -2.05. The number of rotatable bonds is 5. The molecule has 1 aliphatic heterocycles. The van der Waals surface area contributed by atoms with Crippen LogP contribution in [0.3, 0.4) is 0 Å². The third-order valence-electron chi connectivity index (χ3n) is 5.25. The summed E-state index contributed by atoms with van der Waals surface area (Å²) >= 11 is 0. The Kier molecular flexibility index (Phi) is 5.60. The van der Waals surface area contributed by atoms with E-state index in [-0.39, 0.29) is 18.0 Å². The summed E-state index contributed by atoms with van der Waals surface area (Å²) in [7, 11) is 0.